The van der Waals surface area contributed by atoms with E-state index >= 15 is 0 Å². The van der Waals surface area contributed by atoms with Crippen LogP contribution in [0.25, 0.3) is 6.08 Å². The van der Waals surface area contributed by atoms with Gasteiger partial charge in [-0.15, -0.1) is 0 Å². The molecule has 1 fully saturated rings. The van der Waals surface area contributed by atoms with Gasteiger partial charge in [0.25, 0.3) is 0 Å². The van der Waals surface area contributed by atoms with Crippen molar-refractivity contribution < 1.29 is 9.59 Å². The Morgan fingerprint density at radius 3 is 2.29 bits per heavy atom. The van der Waals surface area contributed by atoms with Gasteiger partial charge in [0.2, 0.25) is 11.8 Å². The molecule has 7 heteroatoms. The number of hydrogen-bond acceptors (Lipinski definition) is 3. The van der Waals surface area contributed by atoms with E-state index in [0.29, 0.717) is 54.3 Å². The molecule has 0 aliphatic carbocycles. The Morgan fingerprint density at radius 2 is 1.65 bits per heavy atom. The maximum Gasteiger partial charge on any atom is 0.248 e. The van der Waals surface area contributed by atoms with Crippen molar-refractivity contribution in [1.82, 2.24) is 4.90 Å². The molecule has 164 valence electrons. The van der Waals surface area contributed by atoms with Crippen molar-refractivity contribution >= 4 is 52.5 Å². The largest absolute Gasteiger partial charge is 0.366 e. The average molecular weight is 460 g/mol. The van der Waals surface area contributed by atoms with Crippen molar-refractivity contribution in [3.8, 4) is 0 Å². The number of carbonyl (C=O) groups excluding carboxylic acids is 2. The van der Waals surface area contributed by atoms with Gasteiger partial charge in [0.15, 0.2) is 0 Å². The summed E-state index contributed by atoms with van der Waals surface area (Å²) in [6.45, 7) is 6.84. The first-order valence-corrected chi connectivity index (χ1v) is 11.1. The number of carbonyl (C=O) groups is 2. The summed E-state index contributed by atoms with van der Waals surface area (Å²) in [6.07, 6.45) is 3.79. The van der Waals surface area contributed by atoms with Crippen molar-refractivity contribution in [3.05, 3.63) is 64.1 Å². The number of halogens is 2. The number of benzene rings is 2. The molecule has 0 aromatic heterocycles. The third kappa shape index (κ3) is 6.74. The molecule has 0 unspecified atom stereocenters. The quantitative estimate of drug-likeness (QED) is 0.593. The Bertz CT molecular complexity index is 950. The Balaban J connectivity index is 1.66. The lowest BCUT2D eigenvalue weighted by molar-refractivity contribution is -0.132. The zero-order valence-electron chi connectivity index (χ0n) is 17.8. The number of anilines is 2. The predicted octanol–water partition coefficient (Wildman–Crippen LogP) is 5.34. The third-order valence-electron chi connectivity index (χ3n) is 5.07. The number of hydrogen-bond donors (Lipinski definition) is 1. The highest BCUT2D eigenvalue weighted by Crippen LogP contribution is 2.30. The fourth-order valence-electron chi connectivity index (χ4n) is 3.48. The zero-order chi connectivity index (χ0) is 22.4. The van der Waals surface area contributed by atoms with E-state index in [-0.39, 0.29) is 11.8 Å². The summed E-state index contributed by atoms with van der Waals surface area (Å²) in [6, 6.07) is 12.7. The van der Waals surface area contributed by atoms with Crippen LogP contribution in [0, 0.1) is 5.92 Å². The SMILES string of the molecule is CC(C)CC(=O)N1CCN(c2ccc(Cl)cc2NC(=O)/C=C/c2ccc(Cl)cc2)CC1. The van der Waals surface area contributed by atoms with Crippen LogP contribution >= 0.6 is 23.2 Å². The molecular formula is C24H27Cl2N3O2. The van der Waals surface area contributed by atoms with Gasteiger partial charge in [0.05, 0.1) is 11.4 Å². The van der Waals surface area contributed by atoms with Gasteiger partial charge in [0.1, 0.15) is 0 Å². The van der Waals surface area contributed by atoms with E-state index in [0.717, 1.165) is 11.3 Å². The summed E-state index contributed by atoms with van der Waals surface area (Å²) in [5.41, 5.74) is 2.43. The highest BCUT2D eigenvalue weighted by molar-refractivity contribution is 6.31. The lowest BCUT2D eigenvalue weighted by atomic mass is 10.1. The van der Waals surface area contributed by atoms with Crippen LogP contribution in [0.15, 0.2) is 48.5 Å². The van der Waals surface area contributed by atoms with Crippen molar-refractivity contribution in [2.24, 2.45) is 5.92 Å². The standard InChI is InChI=1S/C24H27Cl2N3O2/c1-17(2)15-24(31)29-13-11-28(12-14-29)22-9-8-20(26)16-21(22)27-23(30)10-5-18-3-6-19(25)7-4-18/h3-10,16-17H,11-15H2,1-2H3,(H,27,30)/b10-5+. The van der Waals surface area contributed by atoms with Gasteiger partial charge in [-0.2, -0.15) is 0 Å². The predicted molar refractivity (Wildman–Crippen MR) is 129 cm³/mol. The minimum atomic E-state index is -0.246. The molecule has 0 radical (unpaired) electrons. The van der Waals surface area contributed by atoms with Crippen LogP contribution in [0.2, 0.25) is 10.0 Å². The first kappa shape index (κ1) is 23.2. The number of nitrogens with one attached hydrogen (secondary N) is 1. The molecule has 1 N–H and O–H groups in total. The normalized spacial score (nSPS) is 14.4. The van der Waals surface area contributed by atoms with Crippen molar-refractivity contribution in [2.45, 2.75) is 20.3 Å². The molecule has 1 saturated heterocycles. The van der Waals surface area contributed by atoms with Gasteiger partial charge in [-0.25, -0.2) is 0 Å². The molecule has 3 rings (SSSR count). The maximum absolute atomic E-state index is 12.5. The summed E-state index contributed by atoms with van der Waals surface area (Å²) in [7, 11) is 0. The highest BCUT2D eigenvalue weighted by Gasteiger charge is 2.23. The molecular weight excluding hydrogens is 433 g/mol. The molecule has 0 saturated carbocycles. The molecule has 1 aliphatic heterocycles. The van der Waals surface area contributed by atoms with E-state index in [1.54, 1.807) is 24.3 Å². The summed E-state index contributed by atoms with van der Waals surface area (Å²) in [4.78, 5) is 28.9. The van der Waals surface area contributed by atoms with Crippen LogP contribution in [0.1, 0.15) is 25.8 Å². The first-order valence-electron chi connectivity index (χ1n) is 10.4. The fourth-order valence-corrected chi connectivity index (χ4v) is 3.78. The fraction of sp³-hybridized carbons (Fsp3) is 0.333. The molecule has 0 atom stereocenters. The summed E-state index contributed by atoms with van der Waals surface area (Å²) in [5.74, 6) is 0.306. The molecule has 31 heavy (non-hydrogen) atoms. The maximum atomic E-state index is 12.5. The van der Waals surface area contributed by atoms with Crippen LogP contribution < -0.4 is 10.2 Å². The van der Waals surface area contributed by atoms with Crippen LogP contribution in [0.5, 0.6) is 0 Å². The van der Waals surface area contributed by atoms with Gasteiger partial charge in [-0.1, -0.05) is 49.2 Å². The monoisotopic (exact) mass is 459 g/mol. The smallest absolute Gasteiger partial charge is 0.248 e. The van der Waals surface area contributed by atoms with Crippen LogP contribution in [0.4, 0.5) is 11.4 Å². The summed E-state index contributed by atoms with van der Waals surface area (Å²) >= 11 is 12.1. The Kier molecular flexibility index (Phi) is 7.99. The van der Waals surface area contributed by atoms with Gasteiger partial charge >= 0.3 is 0 Å². The van der Waals surface area contributed by atoms with Gasteiger partial charge in [-0.05, 0) is 47.9 Å². The number of amides is 2. The molecule has 2 aromatic rings. The zero-order valence-corrected chi connectivity index (χ0v) is 19.3. The average Bonchev–Trinajstić information content (AvgIpc) is 2.73. The lowest BCUT2D eigenvalue weighted by Crippen LogP contribution is -2.49. The Morgan fingerprint density at radius 1 is 1.00 bits per heavy atom. The molecule has 0 bridgehead atoms. The highest BCUT2D eigenvalue weighted by atomic mass is 35.5. The van der Waals surface area contributed by atoms with Crippen LogP contribution in [-0.2, 0) is 9.59 Å². The van der Waals surface area contributed by atoms with Crippen molar-refractivity contribution in [1.29, 1.82) is 0 Å². The minimum Gasteiger partial charge on any atom is -0.366 e. The summed E-state index contributed by atoms with van der Waals surface area (Å²) < 4.78 is 0. The molecule has 2 aromatic carbocycles. The van der Waals surface area contributed by atoms with E-state index in [9.17, 15) is 9.59 Å². The number of piperazine rings is 1. The van der Waals surface area contributed by atoms with Crippen molar-refractivity contribution in [3.63, 3.8) is 0 Å². The van der Waals surface area contributed by atoms with E-state index in [2.05, 4.69) is 24.1 Å². The molecule has 1 aliphatic rings. The van der Waals surface area contributed by atoms with Crippen molar-refractivity contribution in [2.75, 3.05) is 36.4 Å². The van der Waals surface area contributed by atoms with Gasteiger partial charge in [0, 0.05) is 48.7 Å². The molecule has 2 amide bonds. The van der Waals surface area contributed by atoms with Crippen LogP contribution in [0.3, 0.4) is 0 Å². The molecule has 1 heterocycles. The van der Waals surface area contributed by atoms with E-state index in [1.807, 2.05) is 29.2 Å². The van der Waals surface area contributed by atoms with Gasteiger partial charge in [-0.3, -0.25) is 9.59 Å². The molecule has 0 spiro atoms. The topological polar surface area (TPSA) is 52.7 Å². The third-order valence-corrected chi connectivity index (χ3v) is 5.56. The second-order valence-electron chi connectivity index (χ2n) is 8.00. The van der Waals surface area contributed by atoms with E-state index in [1.165, 1.54) is 6.08 Å². The minimum absolute atomic E-state index is 0.201. The van der Waals surface area contributed by atoms with Gasteiger partial charge < -0.3 is 15.1 Å². The van der Waals surface area contributed by atoms with E-state index in [4.69, 9.17) is 23.2 Å². The Hall–Kier alpha value is -2.50. The second-order valence-corrected chi connectivity index (χ2v) is 8.87. The summed E-state index contributed by atoms with van der Waals surface area (Å²) in [5, 5.41) is 4.13. The van der Waals surface area contributed by atoms with Crippen LogP contribution in [-0.4, -0.2) is 42.9 Å². The number of nitrogens with zero attached hydrogens (tertiary/aromatic N) is 2. The Labute approximate surface area is 193 Å². The molecule has 5 nitrogen and oxygen atoms in total. The van der Waals surface area contributed by atoms with E-state index < -0.39 is 0 Å². The second kappa shape index (κ2) is 10.7. The lowest BCUT2D eigenvalue weighted by Gasteiger charge is -2.37. The number of rotatable bonds is 6. The first-order chi connectivity index (χ1) is 14.8.